The van der Waals surface area contributed by atoms with Crippen molar-refractivity contribution in [2.75, 3.05) is 0 Å². The minimum Gasteiger partial charge on any atom is -0.508 e. The van der Waals surface area contributed by atoms with Crippen LogP contribution in [-0.2, 0) is 6.42 Å². The number of rotatable bonds is 2. The summed E-state index contributed by atoms with van der Waals surface area (Å²) in [7, 11) is 0. The highest BCUT2D eigenvalue weighted by atomic mass is 16.3. The molecule has 0 fully saturated rings. The average molecular weight is 150 g/mol. The number of hydrogen-bond donors (Lipinski definition) is 2. The second-order valence-corrected chi connectivity index (χ2v) is 2.69. The SMILES string of the molecule is C[C](N)Cc1ccc(O)cc1. The van der Waals surface area contributed by atoms with Crippen LogP contribution >= 0.6 is 0 Å². The third-order valence-electron chi connectivity index (χ3n) is 1.42. The first-order valence-electron chi connectivity index (χ1n) is 3.54. The van der Waals surface area contributed by atoms with E-state index in [0.717, 1.165) is 18.0 Å². The molecule has 0 saturated heterocycles. The summed E-state index contributed by atoms with van der Waals surface area (Å²) in [5, 5.41) is 8.95. The number of benzene rings is 1. The Morgan fingerprint density at radius 1 is 1.36 bits per heavy atom. The van der Waals surface area contributed by atoms with Gasteiger partial charge >= 0.3 is 0 Å². The van der Waals surface area contributed by atoms with Gasteiger partial charge in [-0.3, -0.25) is 0 Å². The monoisotopic (exact) mass is 150 g/mol. The second kappa shape index (κ2) is 3.39. The first-order chi connectivity index (χ1) is 5.18. The molecule has 2 nitrogen and oxygen atoms in total. The molecule has 3 N–H and O–H groups in total. The largest absolute Gasteiger partial charge is 0.508 e. The Labute approximate surface area is 66.7 Å². The maximum Gasteiger partial charge on any atom is 0.115 e. The van der Waals surface area contributed by atoms with Crippen LogP contribution in [0.5, 0.6) is 5.75 Å². The molecule has 0 saturated carbocycles. The summed E-state index contributed by atoms with van der Waals surface area (Å²) in [5.41, 5.74) is 6.64. The minimum absolute atomic E-state index is 0.295. The van der Waals surface area contributed by atoms with Gasteiger partial charge in [0.25, 0.3) is 0 Å². The zero-order valence-electron chi connectivity index (χ0n) is 6.54. The van der Waals surface area contributed by atoms with Crippen molar-refractivity contribution in [3.63, 3.8) is 0 Å². The summed E-state index contributed by atoms with van der Waals surface area (Å²) in [4.78, 5) is 0. The van der Waals surface area contributed by atoms with E-state index in [1.165, 1.54) is 0 Å². The summed E-state index contributed by atoms with van der Waals surface area (Å²) < 4.78 is 0. The van der Waals surface area contributed by atoms with Crippen molar-refractivity contribution in [1.29, 1.82) is 0 Å². The lowest BCUT2D eigenvalue weighted by Gasteiger charge is -2.03. The Balaban J connectivity index is 2.66. The predicted octanol–water partition coefficient (Wildman–Crippen LogP) is 1.45. The first-order valence-corrected chi connectivity index (χ1v) is 3.54. The standard InChI is InChI=1S/C9H12NO/c1-7(10)6-8-2-4-9(11)5-3-8/h2-5,11H,6,10H2,1H3. The molecule has 0 atom stereocenters. The highest BCUT2D eigenvalue weighted by Crippen LogP contribution is 2.11. The molecule has 0 aliphatic rings. The third-order valence-corrected chi connectivity index (χ3v) is 1.42. The lowest BCUT2D eigenvalue weighted by atomic mass is 10.1. The van der Waals surface area contributed by atoms with Gasteiger partial charge in [-0.25, -0.2) is 0 Å². The molecule has 0 unspecified atom stereocenters. The number of aromatic hydroxyl groups is 1. The topological polar surface area (TPSA) is 46.2 Å². The average Bonchev–Trinajstić information content (AvgIpc) is 1.93. The van der Waals surface area contributed by atoms with Crippen molar-refractivity contribution < 1.29 is 5.11 Å². The Kier molecular flexibility index (Phi) is 2.49. The fraction of sp³-hybridized carbons (Fsp3) is 0.222. The fourth-order valence-corrected chi connectivity index (χ4v) is 0.936. The molecular weight excluding hydrogens is 138 g/mol. The molecule has 0 amide bonds. The summed E-state index contributed by atoms with van der Waals surface area (Å²) in [6.07, 6.45) is 0.778. The molecule has 2 heteroatoms. The van der Waals surface area contributed by atoms with Crippen LogP contribution in [0.1, 0.15) is 12.5 Å². The van der Waals surface area contributed by atoms with E-state index >= 15 is 0 Å². The smallest absolute Gasteiger partial charge is 0.115 e. The van der Waals surface area contributed by atoms with Crippen molar-refractivity contribution in [2.45, 2.75) is 13.3 Å². The van der Waals surface area contributed by atoms with Crippen LogP contribution < -0.4 is 5.73 Å². The number of hydrogen-bond acceptors (Lipinski definition) is 2. The van der Waals surface area contributed by atoms with Crippen molar-refractivity contribution in [2.24, 2.45) is 5.73 Å². The Morgan fingerprint density at radius 3 is 2.36 bits per heavy atom. The van der Waals surface area contributed by atoms with Crippen LogP contribution in [0, 0.1) is 6.04 Å². The van der Waals surface area contributed by atoms with Crippen LogP contribution in [0.2, 0.25) is 0 Å². The second-order valence-electron chi connectivity index (χ2n) is 2.69. The summed E-state index contributed by atoms with van der Waals surface area (Å²) in [5.74, 6) is 0.295. The molecule has 0 spiro atoms. The van der Waals surface area contributed by atoms with E-state index in [4.69, 9.17) is 10.8 Å². The van der Waals surface area contributed by atoms with E-state index in [9.17, 15) is 0 Å². The van der Waals surface area contributed by atoms with E-state index in [2.05, 4.69) is 0 Å². The molecule has 59 valence electrons. The zero-order chi connectivity index (χ0) is 8.27. The molecule has 1 aromatic carbocycles. The quantitative estimate of drug-likeness (QED) is 0.670. The van der Waals surface area contributed by atoms with E-state index in [1.54, 1.807) is 12.1 Å². The van der Waals surface area contributed by atoms with Gasteiger partial charge in [0.1, 0.15) is 5.75 Å². The van der Waals surface area contributed by atoms with E-state index < -0.39 is 0 Å². The molecule has 11 heavy (non-hydrogen) atoms. The Morgan fingerprint density at radius 2 is 1.91 bits per heavy atom. The van der Waals surface area contributed by atoms with Gasteiger partial charge in [0.15, 0.2) is 0 Å². The maximum atomic E-state index is 8.95. The molecule has 0 bridgehead atoms. The predicted molar refractivity (Wildman–Crippen MR) is 44.9 cm³/mol. The van der Waals surface area contributed by atoms with Gasteiger partial charge in [0.2, 0.25) is 0 Å². The molecule has 1 radical (unpaired) electrons. The van der Waals surface area contributed by atoms with Crippen molar-refractivity contribution >= 4 is 0 Å². The first kappa shape index (κ1) is 8.08. The highest BCUT2D eigenvalue weighted by Gasteiger charge is 1.97. The number of nitrogens with two attached hydrogens (primary N) is 1. The van der Waals surface area contributed by atoms with Crippen molar-refractivity contribution in [3.8, 4) is 5.75 Å². The number of phenols is 1. The zero-order valence-corrected chi connectivity index (χ0v) is 6.54. The molecule has 0 aliphatic heterocycles. The summed E-state index contributed by atoms with van der Waals surface area (Å²) in [6.45, 7) is 1.88. The van der Waals surface area contributed by atoms with Crippen LogP contribution in [0.4, 0.5) is 0 Å². The van der Waals surface area contributed by atoms with Gasteiger partial charge in [0.05, 0.1) is 0 Å². The van der Waals surface area contributed by atoms with E-state index in [-0.39, 0.29) is 0 Å². The van der Waals surface area contributed by atoms with Crippen molar-refractivity contribution in [3.05, 3.63) is 35.9 Å². The van der Waals surface area contributed by atoms with Crippen LogP contribution in [0.3, 0.4) is 0 Å². The normalized spacial score (nSPS) is 10.5. The van der Waals surface area contributed by atoms with Crippen molar-refractivity contribution in [1.82, 2.24) is 0 Å². The van der Waals surface area contributed by atoms with E-state index in [0.29, 0.717) is 5.75 Å². The van der Waals surface area contributed by atoms with Crippen LogP contribution in [0.25, 0.3) is 0 Å². The van der Waals surface area contributed by atoms with Crippen LogP contribution in [0.15, 0.2) is 24.3 Å². The maximum absolute atomic E-state index is 8.95. The molecule has 0 heterocycles. The van der Waals surface area contributed by atoms with Gasteiger partial charge in [-0.15, -0.1) is 0 Å². The Hall–Kier alpha value is -1.02. The van der Waals surface area contributed by atoms with E-state index in [1.807, 2.05) is 19.1 Å². The summed E-state index contributed by atoms with van der Waals surface area (Å²) in [6, 6.07) is 7.95. The molecular formula is C9H12NO. The molecule has 1 aromatic rings. The van der Waals surface area contributed by atoms with Gasteiger partial charge < -0.3 is 10.8 Å². The highest BCUT2D eigenvalue weighted by molar-refractivity contribution is 5.27. The summed E-state index contributed by atoms with van der Waals surface area (Å²) >= 11 is 0. The van der Waals surface area contributed by atoms with Gasteiger partial charge in [-0.1, -0.05) is 12.1 Å². The molecule has 0 aliphatic carbocycles. The lowest BCUT2D eigenvalue weighted by molar-refractivity contribution is 0.475. The third kappa shape index (κ3) is 2.60. The lowest BCUT2D eigenvalue weighted by Crippen LogP contribution is -2.07. The van der Waals surface area contributed by atoms with Crippen LogP contribution in [-0.4, -0.2) is 5.11 Å². The van der Waals surface area contributed by atoms with Gasteiger partial charge in [-0.05, 0) is 31.0 Å². The molecule has 1 rings (SSSR count). The number of phenolic OH excluding ortho intramolecular Hbond substituents is 1. The minimum atomic E-state index is 0.295. The Bertz CT molecular complexity index is 216. The van der Waals surface area contributed by atoms with Gasteiger partial charge in [0, 0.05) is 6.04 Å². The van der Waals surface area contributed by atoms with Gasteiger partial charge in [-0.2, -0.15) is 0 Å². The molecule has 0 aromatic heterocycles. The fourth-order valence-electron chi connectivity index (χ4n) is 0.936.